The molecule has 0 spiro atoms. The minimum atomic E-state index is -1.53. The maximum Gasteiger partial charge on any atom is 0.408 e. The number of thiazole rings is 1. The number of hydrazine groups is 1. The number of hydrogen-bond acceptors (Lipinski definition) is 9. The third-order valence-corrected chi connectivity index (χ3v) is 9.11. The fraction of sp³-hybridized carbons (Fsp3) is 0.441. The number of aromatic nitrogens is 2. The zero-order valence-electron chi connectivity index (χ0n) is 27.8. The van der Waals surface area contributed by atoms with Crippen molar-refractivity contribution in [2.75, 3.05) is 18.0 Å². The highest BCUT2D eigenvalue weighted by Gasteiger charge is 2.38. The first-order valence-corrected chi connectivity index (χ1v) is 16.8. The third-order valence-electron chi connectivity index (χ3n) is 8.05. The Labute approximate surface area is 283 Å². The van der Waals surface area contributed by atoms with E-state index in [-0.39, 0.29) is 41.4 Å². The highest BCUT2D eigenvalue weighted by molar-refractivity contribution is 7.09. The van der Waals surface area contributed by atoms with E-state index >= 15 is 0 Å². The maximum absolute atomic E-state index is 13.9. The molecule has 0 aliphatic carbocycles. The molecule has 254 valence electrons. The molecule has 3 aromatic rings. The van der Waals surface area contributed by atoms with Crippen LogP contribution in [-0.2, 0) is 20.7 Å². The largest absolute Gasteiger partial charge is 0.444 e. The van der Waals surface area contributed by atoms with E-state index in [0.717, 1.165) is 29.1 Å². The van der Waals surface area contributed by atoms with Gasteiger partial charge >= 0.3 is 6.09 Å². The van der Waals surface area contributed by atoms with Crippen LogP contribution in [0.3, 0.4) is 0 Å². The average Bonchev–Trinajstić information content (AvgIpc) is 3.79. The quantitative estimate of drug-likeness (QED) is 0.299. The number of amides is 5. The SMILES string of the molecule is Cc1csc(C2CCCN2C(=O)c2cc(C(=O)NNC(=O)C(C)(Cc3ccccc3)NC(=O)OC(C)(C)C)cc(N3CCCC3=O)n2)n1. The van der Waals surface area contributed by atoms with E-state index < -0.39 is 29.0 Å². The summed E-state index contributed by atoms with van der Waals surface area (Å²) in [6.45, 7) is 9.47. The number of anilines is 1. The van der Waals surface area contributed by atoms with Crippen molar-refractivity contribution in [3.05, 3.63) is 75.4 Å². The van der Waals surface area contributed by atoms with Crippen molar-refractivity contribution in [1.82, 2.24) is 31.0 Å². The number of benzene rings is 1. The Morgan fingerprint density at radius 1 is 1.00 bits per heavy atom. The van der Waals surface area contributed by atoms with E-state index in [1.54, 1.807) is 25.7 Å². The van der Waals surface area contributed by atoms with Gasteiger partial charge in [-0.15, -0.1) is 11.3 Å². The van der Waals surface area contributed by atoms with Crippen LogP contribution in [0.4, 0.5) is 10.6 Å². The van der Waals surface area contributed by atoms with Gasteiger partial charge in [-0.05, 0) is 71.6 Å². The van der Waals surface area contributed by atoms with Crippen LogP contribution in [0.1, 0.15) is 96.5 Å². The molecule has 2 saturated heterocycles. The Kier molecular flexibility index (Phi) is 10.1. The normalized spacial score (nSPS) is 17.5. The second-order valence-corrected chi connectivity index (χ2v) is 14.2. The third kappa shape index (κ3) is 8.16. The summed E-state index contributed by atoms with van der Waals surface area (Å²) in [5.41, 5.74) is 4.19. The van der Waals surface area contributed by atoms with Crippen LogP contribution in [0, 0.1) is 6.92 Å². The van der Waals surface area contributed by atoms with Crippen molar-refractivity contribution in [1.29, 1.82) is 0 Å². The Bertz CT molecular complexity index is 1710. The minimum absolute atomic E-state index is 0.00404. The molecule has 0 bridgehead atoms. The lowest BCUT2D eigenvalue weighted by atomic mass is 9.92. The van der Waals surface area contributed by atoms with E-state index in [9.17, 15) is 24.0 Å². The van der Waals surface area contributed by atoms with Gasteiger partial charge in [-0.3, -0.25) is 34.9 Å². The second-order valence-electron chi connectivity index (χ2n) is 13.3. The van der Waals surface area contributed by atoms with E-state index in [1.807, 2.05) is 42.6 Å². The van der Waals surface area contributed by atoms with Crippen LogP contribution in [0.2, 0.25) is 0 Å². The number of alkyl carbamates (subject to hydrolysis) is 1. The van der Waals surface area contributed by atoms with Gasteiger partial charge in [-0.1, -0.05) is 30.3 Å². The number of pyridine rings is 1. The topological polar surface area (TPSA) is 163 Å². The lowest BCUT2D eigenvalue weighted by Gasteiger charge is -2.31. The van der Waals surface area contributed by atoms with Gasteiger partial charge in [0, 0.05) is 42.6 Å². The van der Waals surface area contributed by atoms with Crippen LogP contribution in [0.15, 0.2) is 47.8 Å². The fourth-order valence-electron chi connectivity index (χ4n) is 5.76. The van der Waals surface area contributed by atoms with Crippen LogP contribution in [-0.4, -0.2) is 68.8 Å². The maximum atomic E-state index is 13.9. The van der Waals surface area contributed by atoms with Crippen LogP contribution in [0.5, 0.6) is 0 Å². The molecular formula is C34H41N7O6S. The van der Waals surface area contributed by atoms with Gasteiger partial charge in [-0.25, -0.2) is 14.8 Å². The highest BCUT2D eigenvalue weighted by Crippen LogP contribution is 2.35. The van der Waals surface area contributed by atoms with Gasteiger partial charge < -0.3 is 15.0 Å². The fourth-order valence-corrected chi connectivity index (χ4v) is 6.70. The Balaban J connectivity index is 1.38. The molecule has 13 nitrogen and oxygen atoms in total. The van der Waals surface area contributed by atoms with E-state index in [4.69, 9.17) is 4.74 Å². The molecule has 2 aliphatic heterocycles. The smallest absolute Gasteiger partial charge is 0.408 e. The zero-order valence-corrected chi connectivity index (χ0v) is 28.6. The van der Waals surface area contributed by atoms with Crippen LogP contribution < -0.4 is 21.1 Å². The molecular weight excluding hydrogens is 634 g/mol. The highest BCUT2D eigenvalue weighted by atomic mass is 32.1. The number of hydrogen-bond donors (Lipinski definition) is 3. The number of nitrogens with zero attached hydrogens (tertiary/aromatic N) is 4. The van der Waals surface area contributed by atoms with Crippen molar-refractivity contribution in [2.45, 2.75) is 83.9 Å². The number of nitrogens with one attached hydrogen (secondary N) is 3. The summed E-state index contributed by atoms with van der Waals surface area (Å²) in [7, 11) is 0. The first-order valence-electron chi connectivity index (χ1n) is 15.9. The molecule has 2 atom stereocenters. The minimum Gasteiger partial charge on any atom is -0.444 e. The Hall–Kier alpha value is -4.85. The Morgan fingerprint density at radius 2 is 1.75 bits per heavy atom. The predicted molar refractivity (Wildman–Crippen MR) is 179 cm³/mol. The van der Waals surface area contributed by atoms with Crippen molar-refractivity contribution in [2.24, 2.45) is 0 Å². The summed E-state index contributed by atoms with van der Waals surface area (Å²) in [6, 6.07) is 11.7. The number of likely N-dealkylation sites (tertiary alicyclic amines) is 1. The summed E-state index contributed by atoms with van der Waals surface area (Å²) in [4.78, 5) is 78.8. The van der Waals surface area contributed by atoms with E-state index in [0.29, 0.717) is 25.9 Å². The summed E-state index contributed by atoms with van der Waals surface area (Å²) < 4.78 is 5.41. The van der Waals surface area contributed by atoms with Gasteiger partial charge in [0.25, 0.3) is 17.7 Å². The van der Waals surface area contributed by atoms with Gasteiger partial charge in [0.15, 0.2) is 0 Å². The number of carbonyl (C=O) groups excluding carboxylic acids is 5. The van der Waals surface area contributed by atoms with Crippen molar-refractivity contribution >= 4 is 46.9 Å². The number of ether oxygens (including phenoxy) is 1. The average molecular weight is 676 g/mol. The van der Waals surface area contributed by atoms with Gasteiger partial charge in [0.1, 0.15) is 27.7 Å². The zero-order chi connectivity index (χ0) is 34.6. The molecule has 0 saturated carbocycles. The molecule has 5 rings (SSSR count). The van der Waals surface area contributed by atoms with Crippen molar-refractivity contribution in [3.63, 3.8) is 0 Å². The molecule has 4 heterocycles. The summed E-state index contributed by atoms with van der Waals surface area (Å²) in [5, 5.41) is 5.43. The van der Waals surface area contributed by atoms with E-state index in [1.165, 1.54) is 35.3 Å². The standard InChI is InChI=1S/C34H41N7O6S/c1-21-20-48-29(35-21)25-13-9-15-40(25)30(44)24-17-23(18-26(36-24)41-16-10-14-27(41)42)28(43)38-39-31(45)34(5,19-22-11-7-6-8-12-22)37-32(46)47-33(2,3)4/h6-8,11-12,17-18,20,25H,9-10,13-16,19H2,1-5H3,(H,37,46)(H,38,43)(H,39,45). The number of aryl methyl sites for hydroxylation is 1. The van der Waals surface area contributed by atoms with Crippen LogP contribution >= 0.6 is 11.3 Å². The predicted octanol–water partition coefficient (Wildman–Crippen LogP) is 4.24. The Morgan fingerprint density at radius 3 is 2.40 bits per heavy atom. The molecule has 2 aromatic heterocycles. The first-order chi connectivity index (χ1) is 22.7. The lowest BCUT2D eigenvalue weighted by Crippen LogP contribution is -2.61. The molecule has 5 amide bonds. The monoisotopic (exact) mass is 675 g/mol. The van der Waals surface area contributed by atoms with Gasteiger partial charge in [0.2, 0.25) is 5.91 Å². The summed E-state index contributed by atoms with van der Waals surface area (Å²) in [6.07, 6.45) is 1.80. The van der Waals surface area contributed by atoms with Crippen LogP contribution in [0.25, 0.3) is 0 Å². The summed E-state index contributed by atoms with van der Waals surface area (Å²) in [5.74, 6) is -1.80. The van der Waals surface area contributed by atoms with Gasteiger partial charge in [0.05, 0.1) is 6.04 Å². The first kappa shape index (κ1) is 34.5. The molecule has 2 fully saturated rings. The lowest BCUT2D eigenvalue weighted by molar-refractivity contribution is -0.128. The molecule has 2 unspecified atom stereocenters. The molecule has 0 radical (unpaired) electrons. The second kappa shape index (κ2) is 14.1. The molecule has 48 heavy (non-hydrogen) atoms. The molecule has 14 heteroatoms. The van der Waals surface area contributed by atoms with Crippen molar-refractivity contribution < 1.29 is 28.7 Å². The van der Waals surface area contributed by atoms with Gasteiger partial charge in [-0.2, -0.15) is 0 Å². The number of carbonyl (C=O) groups is 5. The summed E-state index contributed by atoms with van der Waals surface area (Å²) >= 11 is 1.50. The molecule has 1 aromatic carbocycles. The van der Waals surface area contributed by atoms with Crippen molar-refractivity contribution in [3.8, 4) is 0 Å². The van der Waals surface area contributed by atoms with E-state index in [2.05, 4.69) is 26.1 Å². The molecule has 2 aliphatic rings. The number of rotatable bonds is 8. The molecule has 3 N–H and O–H groups in total.